The SMILES string of the molecule is CC(C)N(N)C(=O)C(=O)N(N)C(C)C. The Morgan fingerprint density at radius 3 is 1.21 bits per heavy atom. The molecule has 0 heterocycles. The minimum absolute atomic E-state index is 0.230. The second-order valence-electron chi connectivity index (χ2n) is 3.61. The van der Waals surface area contributed by atoms with Gasteiger partial charge in [0.05, 0.1) is 0 Å². The molecule has 6 nitrogen and oxygen atoms in total. The second-order valence-corrected chi connectivity index (χ2v) is 3.61. The molecule has 0 saturated heterocycles. The fraction of sp³-hybridized carbons (Fsp3) is 0.750. The van der Waals surface area contributed by atoms with E-state index in [1.54, 1.807) is 27.7 Å². The Morgan fingerprint density at radius 1 is 0.857 bits per heavy atom. The quantitative estimate of drug-likeness (QED) is 0.265. The van der Waals surface area contributed by atoms with Gasteiger partial charge in [-0.1, -0.05) is 0 Å². The van der Waals surface area contributed by atoms with E-state index >= 15 is 0 Å². The van der Waals surface area contributed by atoms with Gasteiger partial charge < -0.3 is 0 Å². The number of amides is 2. The third-order valence-corrected chi connectivity index (χ3v) is 1.76. The van der Waals surface area contributed by atoms with Crippen molar-refractivity contribution in [1.82, 2.24) is 10.0 Å². The van der Waals surface area contributed by atoms with Gasteiger partial charge in [-0.15, -0.1) is 0 Å². The maximum absolute atomic E-state index is 11.4. The predicted molar refractivity (Wildman–Crippen MR) is 52.3 cm³/mol. The molecule has 0 saturated carbocycles. The molecule has 0 aromatic carbocycles. The molecule has 0 aliphatic rings. The van der Waals surface area contributed by atoms with Gasteiger partial charge in [-0.05, 0) is 27.7 Å². The Hall–Kier alpha value is -1.14. The van der Waals surface area contributed by atoms with Crippen LogP contribution in [-0.4, -0.2) is 33.9 Å². The zero-order valence-corrected chi connectivity index (χ0v) is 9.02. The first-order chi connectivity index (χ1) is 6.29. The summed E-state index contributed by atoms with van der Waals surface area (Å²) in [5.41, 5.74) is 0. The molecule has 0 spiro atoms. The lowest BCUT2D eigenvalue weighted by molar-refractivity contribution is -0.154. The van der Waals surface area contributed by atoms with Crippen molar-refractivity contribution in [3.05, 3.63) is 0 Å². The molecule has 0 fully saturated rings. The van der Waals surface area contributed by atoms with Crippen molar-refractivity contribution < 1.29 is 9.59 Å². The summed E-state index contributed by atoms with van der Waals surface area (Å²) in [5.74, 6) is 9.17. The lowest BCUT2D eigenvalue weighted by atomic mass is 10.3. The van der Waals surface area contributed by atoms with Crippen molar-refractivity contribution in [3.63, 3.8) is 0 Å². The van der Waals surface area contributed by atoms with Crippen LogP contribution in [0.25, 0.3) is 0 Å². The van der Waals surface area contributed by atoms with Crippen LogP contribution in [0.4, 0.5) is 0 Å². The zero-order valence-electron chi connectivity index (χ0n) is 9.02. The van der Waals surface area contributed by atoms with Crippen molar-refractivity contribution in [2.45, 2.75) is 39.8 Å². The number of hydrazine groups is 2. The van der Waals surface area contributed by atoms with E-state index in [0.717, 1.165) is 10.0 Å². The van der Waals surface area contributed by atoms with Crippen LogP contribution in [-0.2, 0) is 9.59 Å². The Bertz CT molecular complexity index is 203. The Balaban J connectivity index is 4.48. The molecule has 2 amide bonds. The maximum atomic E-state index is 11.4. The molecule has 0 rings (SSSR count). The molecule has 0 bridgehead atoms. The lowest BCUT2D eigenvalue weighted by Crippen LogP contribution is -2.54. The average molecular weight is 202 g/mol. The summed E-state index contributed by atoms with van der Waals surface area (Å²) in [6.07, 6.45) is 0. The van der Waals surface area contributed by atoms with Gasteiger partial charge in [0.15, 0.2) is 0 Å². The van der Waals surface area contributed by atoms with E-state index in [1.165, 1.54) is 0 Å². The van der Waals surface area contributed by atoms with Crippen LogP contribution >= 0.6 is 0 Å². The summed E-state index contributed by atoms with van der Waals surface area (Å²) < 4.78 is 0. The lowest BCUT2D eigenvalue weighted by Gasteiger charge is -2.25. The van der Waals surface area contributed by atoms with E-state index in [1.807, 2.05) is 0 Å². The highest BCUT2D eigenvalue weighted by molar-refractivity contribution is 6.34. The highest BCUT2D eigenvalue weighted by Crippen LogP contribution is 1.97. The molecular weight excluding hydrogens is 184 g/mol. The van der Waals surface area contributed by atoms with Crippen LogP contribution < -0.4 is 11.7 Å². The van der Waals surface area contributed by atoms with Gasteiger partial charge in [0, 0.05) is 12.1 Å². The molecule has 0 radical (unpaired) electrons. The molecule has 0 aromatic heterocycles. The topological polar surface area (TPSA) is 92.7 Å². The molecule has 4 N–H and O–H groups in total. The monoisotopic (exact) mass is 202 g/mol. The van der Waals surface area contributed by atoms with Crippen LogP contribution in [0.3, 0.4) is 0 Å². The molecule has 14 heavy (non-hydrogen) atoms. The minimum Gasteiger partial charge on any atom is -0.270 e. The summed E-state index contributed by atoms with van der Waals surface area (Å²) in [4.78, 5) is 22.7. The largest absolute Gasteiger partial charge is 0.327 e. The summed E-state index contributed by atoms with van der Waals surface area (Å²) >= 11 is 0. The van der Waals surface area contributed by atoms with Gasteiger partial charge in [-0.2, -0.15) is 0 Å². The van der Waals surface area contributed by atoms with Gasteiger partial charge >= 0.3 is 11.8 Å². The van der Waals surface area contributed by atoms with Crippen molar-refractivity contribution in [2.75, 3.05) is 0 Å². The van der Waals surface area contributed by atoms with Crippen LogP contribution in [0, 0.1) is 0 Å². The van der Waals surface area contributed by atoms with E-state index < -0.39 is 11.8 Å². The van der Waals surface area contributed by atoms with Crippen molar-refractivity contribution >= 4 is 11.8 Å². The average Bonchev–Trinajstić information content (AvgIpc) is 2.12. The minimum atomic E-state index is -0.795. The van der Waals surface area contributed by atoms with Gasteiger partial charge in [0.2, 0.25) is 0 Å². The van der Waals surface area contributed by atoms with Crippen molar-refractivity contribution in [2.24, 2.45) is 11.7 Å². The van der Waals surface area contributed by atoms with Crippen LogP contribution in [0.5, 0.6) is 0 Å². The highest BCUT2D eigenvalue weighted by atomic mass is 16.2. The number of hydrogen-bond acceptors (Lipinski definition) is 4. The van der Waals surface area contributed by atoms with Crippen molar-refractivity contribution in [1.29, 1.82) is 0 Å². The zero-order chi connectivity index (χ0) is 11.5. The number of rotatable bonds is 2. The number of hydrogen-bond donors (Lipinski definition) is 2. The number of nitrogens with zero attached hydrogens (tertiary/aromatic N) is 2. The third kappa shape index (κ3) is 2.97. The molecule has 0 aliphatic heterocycles. The molecule has 0 aromatic rings. The number of nitrogens with two attached hydrogens (primary N) is 2. The predicted octanol–water partition coefficient (Wildman–Crippen LogP) is -0.792. The second kappa shape index (κ2) is 4.92. The van der Waals surface area contributed by atoms with E-state index in [0.29, 0.717) is 0 Å². The van der Waals surface area contributed by atoms with Gasteiger partial charge in [0.1, 0.15) is 0 Å². The van der Waals surface area contributed by atoms with E-state index in [2.05, 4.69) is 0 Å². The van der Waals surface area contributed by atoms with E-state index in [-0.39, 0.29) is 12.1 Å². The molecule has 0 unspecified atom stereocenters. The molecule has 0 atom stereocenters. The van der Waals surface area contributed by atoms with E-state index in [9.17, 15) is 9.59 Å². The van der Waals surface area contributed by atoms with Crippen molar-refractivity contribution in [3.8, 4) is 0 Å². The number of carbonyl (C=O) groups is 2. The molecule has 82 valence electrons. The fourth-order valence-corrected chi connectivity index (χ4v) is 0.690. The first-order valence-corrected chi connectivity index (χ1v) is 4.45. The highest BCUT2D eigenvalue weighted by Gasteiger charge is 2.26. The van der Waals surface area contributed by atoms with Crippen LogP contribution in [0.15, 0.2) is 0 Å². The normalized spacial score (nSPS) is 10.6. The fourth-order valence-electron chi connectivity index (χ4n) is 0.690. The van der Waals surface area contributed by atoms with E-state index in [4.69, 9.17) is 11.7 Å². The first-order valence-electron chi connectivity index (χ1n) is 4.45. The molecule has 0 aliphatic carbocycles. The Morgan fingerprint density at radius 2 is 1.07 bits per heavy atom. The first kappa shape index (κ1) is 12.9. The van der Waals surface area contributed by atoms with Gasteiger partial charge in [-0.3, -0.25) is 19.6 Å². The smallest absolute Gasteiger partial charge is 0.270 e. The number of carbonyl (C=O) groups excluding carboxylic acids is 2. The summed E-state index contributed by atoms with van der Waals surface area (Å²) in [5, 5.41) is 1.73. The molecular formula is C8H18N4O2. The third-order valence-electron chi connectivity index (χ3n) is 1.76. The summed E-state index contributed by atoms with van der Waals surface area (Å²) in [6.45, 7) is 6.84. The maximum Gasteiger partial charge on any atom is 0.327 e. The van der Waals surface area contributed by atoms with Crippen LogP contribution in [0.2, 0.25) is 0 Å². The van der Waals surface area contributed by atoms with Crippen LogP contribution in [0.1, 0.15) is 27.7 Å². The van der Waals surface area contributed by atoms with Gasteiger partial charge in [-0.25, -0.2) is 11.7 Å². The van der Waals surface area contributed by atoms with Gasteiger partial charge in [0.25, 0.3) is 0 Å². The summed E-state index contributed by atoms with van der Waals surface area (Å²) in [6, 6.07) is -0.459. The summed E-state index contributed by atoms with van der Waals surface area (Å²) in [7, 11) is 0. The molecule has 6 heteroatoms. The Labute approximate surface area is 83.8 Å². The Kier molecular flexibility index (Phi) is 4.52. The standard InChI is InChI=1S/C8H18N4O2/c1-5(2)11(9)7(13)8(14)12(10)6(3)4/h5-6H,9-10H2,1-4H3.